The molecule has 4 nitrogen and oxygen atoms in total. The smallest absolute Gasteiger partial charge is 0.120 e. The third-order valence-corrected chi connectivity index (χ3v) is 6.01. The van der Waals surface area contributed by atoms with Crippen LogP contribution in [0, 0.1) is 0 Å². The van der Waals surface area contributed by atoms with Crippen LogP contribution in [0.1, 0.15) is 13.8 Å². The molecule has 2 unspecified atom stereocenters. The summed E-state index contributed by atoms with van der Waals surface area (Å²) in [6, 6.07) is 0. The molecule has 0 aliphatic carbocycles. The molecule has 0 saturated carbocycles. The molecular formula is C11H26N4S2. The molecule has 1 N–H and O–H groups in total. The van der Waals surface area contributed by atoms with E-state index in [-0.39, 0.29) is 0 Å². The molecule has 0 aromatic rings. The summed E-state index contributed by atoms with van der Waals surface area (Å²) in [5.41, 5.74) is 0.865. The van der Waals surface area contributed by atoms with E-state index in [1.54, 1.807) is 0 Å². The second-order valence-electron chi connectivity index (χ2n) is 4.53. The molecule has 0 amide bonds. The van der Waals surface area contributed by atoms with Gasteiger partial charge in [-0.1, -0.05) is 35.4 Å². The van der Waals surface area contributed by atoms with E-state index in [9.17, 15) is 0 Å². The van der Waals surface area contributed by atoms with Gasteiger partial charge in [-0.2, -0.15) is 0 Å². The second-order valence-corrected chi connectivity index (χ2v) is 6.97. The lowest BCUT2D eigenvalue weighted by Crippen LogP contribution is -2.47. The van der Waals surface area contributed by atoms with E-state index in [2.05, 4.69) is 55.0 Å². The van der Waals surface area contributed by atoms with Gasteiger partial charge in [-0.25, -0.2) is 0 Å². The molecule has 2 atom stereocenters. The molecule has 0 bridgehead atoms. The molecule has 0 aromatic heterocycles. The zero-order chi connectivity index (χ0) is 12.8. The van der Waals surface area contributed by atoms with Crippen LogP contribution in [0.5, 0.6) is 0 Å². The van der Waals surface area contributed by atoms with Gasteiger partial charge in [-0.15, -0.1) is 0 Å². The lowest BCUT2D eigenvalue weighted by Gasteiger charge is -2.27. The highest BCUT2D eigenvalue weighted by atomic mass is 33.1. The Labute approximate surface area is 114 Å². The van der Waals surface area contributed by atoms with Crippen molar-refractivity contribution < 1.29 is 0 Å². The van der Waals surface area contributed by atoms with Gasteiger partial charge in [0, 0.05) is 13.1 Å². The lowest BCUT2D eigenvalue weighted by atomic mass is 10.4. The summed E-state index contributed by atoms with van der Waals surface area (Å²) in [5.74, 6) is 0. The van der Waals surface area contributed by atoms with Gasteiger partial charge in [0.05, 0.1) is 0 Å². The van der Waals surface area contributed by atoms with E-state index < -0.39 is 0 Å². The minimum absolute atomic E-state index is 0.431. The molecule has 102 valence electrons. The molecule has 1 rings (SSSR count). The Balaban J connectivity index is 2.27. The van der Waals surface area contributed by atoms with Crippen LogP contribution < -0.4 is 5.32 Å². The van der Waals surface area contributed by atoms with Crippen LogP contribution in [-0.2, 0) is 0 Å². The van der Waals surface area contributed by atoms with E-state index >= 15 is 0 Å². The van der Waals surface area contributed by atoms with Crippen LogP contribution in [0.3, 0.4) is 0 Å². The maximum Gasteiger partial charge on any atom is 0.120 e. The minimum atomic E-state index is 0.431. The number of nitrogens with zero attached hydrogens (tertiary/aromatic N) is 3. The highest BCUT2D eigenvalue weighted by Crippen LogP contribution is 2.37. The summed E-state index contributed by atoms with van der Waals surface area (Å²) in [4.78, 5) is 7.09. The minimum Gasteiger partial charge on any atom is -0.303 e. The summed E-state index contributed by atoms with van der Waals surface area (Å²) < 4.78 is 0. The summed E-state index contributed by atoms with van der Waals surface area (Å²) in [6.45, 7) is 9.01. The van der Waals surface area contributed by atoms with Crippen molar-refractivity contribution in [1.29, 1.82) is 0 Å². The molecule has 1 heterocycles. The molecule has 1 aliphatic heterocycles. The first-order valence-electron chi connectivity index (χ1n) is 6.25. The van der Waals surface area contributed by atoms with Crippen LogP contribution in [0.4, 0.5) is 0 Å². The Hall–Kier alpha value is 0.540. The fourth-order valence-electron chi connectivity index (χ4n) is 1.67. The largest absolute Gasteiger partial charge is 0.303 e. The number of hydrogen-bond donors (Lipinski definition) is 1. The van der Waals surface area contributed by atoms with E-state index in [1.807, 2.05) is 21.6 Å². The van der Waals surface area contributed by atoms with E-state index in [4.69, 9.17) is 0 Å². The van der Waals surface area contributed by atoms with Crippen LogP contribution in [0.15, 0.2) is 0 Å². The predicted octanol–water partition coefficient (Wildman–Crippen LogP) is 1.37. The Morgan fingerprint density at radius 3 is 2.00 bits per heavy atom. The molecule has 1 fully saturated rings. The molecule has 6 heteroatoms. The Bertz CT molecular complexity index is 212. The highest BCUT2D eigenvalue weighted by molar-refractivity contribution is 8.77. The first kappa shape index (κ1) is 15.6. The molecule has 0 aromatic carbocycles. The number of rotatable bonds is 7. The number of hydrogen-bond acceptors (Lipinski definition) is 6. The van der Waals surface area contributed by atoms with Gasteiger partial charge in [0.25, 0.3) is 0 Å². The summed E-state index contributed by atoms with van der Waals surface area (Å²) in [6.07, 6.45) is 0. The highest BCUT2D eigenvalue weighted by Gasteiger charge is 2.29. The van der Waals surface area contributed by atoms with Crippen LogP contribution in [0.2, 0.25) is 0 Å². The lowest BCUT2D eigenvalue weighted by molar-refractivity contribution is 0.201. The third-order valence-electron chi connectivity index (χ3n) is 3.06. The molecule has 1 saturated heterocycles. The van der Waals surface area contributed by atoms with Crippen molar-refractivity contribution >= 4 is 21.6 Å². The second kappa shape index (κ2) is 7.86. The first-order chi connectivity index (χ1) is 8.08. The number of likely N-dealkylation sites (N-methyl/N-ethyl adjacent to an activating group) is 2. The summed E-state index contributed by atoms with van der Waals surface area (Å²) in [5, 5.41) is 3.61. The van der Waals surface area contributed by atoms with Gasteiger partial charge in [0.1, 0.15) is 11.0 Å². The monoisotopic (exact) mass is 278 g/mol. The zero-order valence-electron chi connectivity index (χ0n) is 11.6. The Morgan fingerprint density at radius 1 is 0.941 bits per heavy atom. The van der Waals surface area contributed by atoms with Crippen molar-refractivity contribution in [3.8, 4) is 0 Å². The van der Waals surface area contributed by atoms with Crippen LogP contribution in [-0.4, -0.2) is 73.0 Å². The van der Waals surface area contributed by atoms with Crippen molar-refractivity contribution in [2.75, 3.05) is 47.3 Å². The van der Waals surface area contributed by atoms with Gasteiger partial charge >= 0.3 is 0 Å². The number of nitrogens with one attached hydrogen (secondary N) is 1. The van der Waals surface area contributed by atoms with Gasteiger partial charge in [-0.05, 0) is 34.2 Å². The van der Waals surface area contributed by atoms with Crippen LogP contribution in [0.25, 0.3) is 0 Å². The maximum absolute atomic E-state index is 3.61. The predicted molar refractivity (Wildman–Crippen MR) is 80.0 cm³/mol. The summed E-state index contributed by atoms with van der Waals surface area (Å²) in [7, 11) is 10.3. The van der Waals surface area contributed by atoms with Gasteiger partial charge in [0.2, 0.25) is 0 Å². The average molecular weight is 278 g/mol. The van der Waals surface area contributed by atoms with Gasteiger partial charge in [-0.3, -0.25) is 15.1 Å². The standard InChI is InChI=1S/C11H26N4S2/c1-6-15(7-2)9-8-14(5)11-12-10(13(3)4)16-17-11/h10-12H,6-9H2,1-5H3. The molecule has 0 spiro atoms. The van der Waals surface area contributed by atoms with E-state index in [0.717, 1.165) is 26.2 Å². The Morgan fingerprint density at radius 2 is 1.53 bits per heavy atom. The average Bonchev–Trinajstić information content (AvgIpc) is 2.79. The molecule has 17 heavy (non-hydrogen) atoms. The van der Waals surface area contributed by atoms with E-state index in [1.165, 1.54) is 0 Å². The normalized spacial score (nSPS) is 25.4. The van der Waals surface area contributed by atoms with Gasteiger partial charge < -0.3 is 4.90 Å². The van der Waals surface area contributed by atoms with Crippen molar-refractivity contribution in [2.24, 2.45) is 0 Å². The van der Waals surface area contributed by atoms with Crippen molar-refractivity contribution in [3.05, 3.63) is 0 Å². The SMILES string of the molecule is CCN(CC)CCN(C)C1NC(N(C)C)SS1. The van der Waals surface area contributed by atoms with Crippen molar-refractivity contribution in [2.45, 2.75) is 24.8 Å². The first-order valence-corrected chi connectivity index (χ1v) is 8.53. The molecular weight excluding hydrogens is 252 g/mol. The summed E-state index contributed by atoms with van der Waals surface area (Å²) >= 11 is 0. The molecule has 0 radical (unpaired) electrons. The fourth-order valence-corrected chi connectivity index (χ4v) is 4.69. The zero-order valence-corrected chi connectivity index (χ0v) is 13.3. The van der Waals surface area contributed by atoms with Crippen molar-refractivity contribution in [1.82, 2.24) is 20.0 Å². The van der Waals surface area contributed by atoms with E-state index in [0.29, 0.717) is 11.0 Å². The maximum atomic E-state index is 3.61. The quantitative estimate of drug-likeness (QED) is 0.705. The van der Waals surface area contributed by atoms with Gasteiger partial charge in [0.15, 0.2) is 0 Å². The molecule has 1 aliphatic rings. The van der Waals surface area contributed by atoms with Crippen molar-refractivity contribution in [3.63, 3.8) is 0 Å². The fraction of sp³-hybridized carbons (Fsp3) is 1.00. The van der Waals surface area contributed by atoms with Crippen LogP contribution >= 0.6 is 21.6 Å². The third kappa shape index (κ3) is 4.96. The topological polar surface area (TPSA) is 21.8 Å². The Kier molecular flexibility index (Phi) is 7.21.